The predicted octanol–water partition coefficient (Wildman–Crippen LogP) is 2.54. The van der Waals surface area contributed by atoms with Crippen molar-refractivity contribution in [3.63, 3.8) is 0 Å². The standard InChI is InChI=1S/C13H20FNO/c1-4-13(3,8-15)12(16)10-6-5-9(2)11(14)7-10/h5-7,12,16H,4,8,15H2,1-3H3. The Labute approximate surface area is 96.3 Å². The molecule has 0 radical (unpaired) electrons. The molecule has 0 aliphatic rings. The summed E-state index contributed by atoms with van der Waals surface area (Å²) in [6.45, 7) is 5.96. The van der Waals surface area contributed by atoms with Gasteiger partial charge >= 0.3 is 0 Å². The maximum absolute atomic E-state index is 13.4. The number of halogens is 1. The Morgan fingerprint density at radius 2 is 2.12 bits per heavy atom. The van der Waals surface area contributed by atoms with Gasteiger partial charge in [0.25, 0.3) is 0 Å². The number of aryl methyl sites for hydroxylation is 1. The molecule has 1 aromatic rings. The van der Waals surface area contributed by atoms with Crippen molar-refractivity contribution in [3.8, 4) is 0 Å². The van der Waals surface area contributed by atoms with E-state index < -0.39 is 11.5 Å². The quantitative estimate of drug-likeness (QED) is 0.827. The van der Waals surface area contributed by atoms with E-state index >= 15 is 0 Å². The fraction of sp³-hybridized carbons (Fsp3) is 0.538. The largest absolute Gasteiger partial charge is 0.388 e. The first-order chi connectivity index (χ1) is 7.44. The van der Waals surface area contributed by atoms with Crippen molar-refractivity contribution in [3.05, 3.63) is 35.1 Å². The minimum absolute atomic E-state index is 0.285. The number of rotatable bonds is 4. The molecule has 0 aromatic heterocycles. The van der Waals surface area contributed by atoms with Crippen LogP contribution in [-0.4, -0.2) is 11.7 Å². The number of aliphatic hydroxyl groups is 1. The second kappa shape index (κ2) is 4.93. The van der Waals surface area contributed by atoms with Gasteiger partial charge in [-0.25, -0.2) is 4.39 Å². The predicted molar refractivity (Wildman–Crippen MR) is 63.5 cm³/mol. The van der Waals surface area contributed by atoms with Gasteiger partial charge in [0, 0.05) is 12.0 Å². The van der Waals surface area contributed by atoms with Crippen LogP contribution in [0, 0.1) is 18.2 Å². The summed E-state index contributed by atoms with van der Waals surface area (Å²) in [7, 11) is 0. The van der Waals surface area contributed by atoms with Crippen LogP contribution in [-0.2, 0) is 0 Å². The molecule has 90 valence electrons. The number of nitrogens with two attached hydrogens (primary N) is 1. The molecule has 0 fully saturated rings. The maximum Gasteiger partial charge on any atom is 0.126 e. The average Bonchev–Trinajstić information content (AvgIpc) is 2.30. The van der Waals surface area contributed by atoms with Crippen LogP contribution in [0.4, 0.5) is 4.39 Å². The number of hydrogen-bond donors (Lipinski definition) is 2. The molecule has 0 spiro atoms. The van der Waals surface area contributed by atoms with Gasteiger partial charge in [-0.2, -0.15) is 0 Å². The highest BCUT2D eigenvalue weighted by atomic mass is 19.1. The van der Waals surface area contributed by atoms with E-state index in [4.69, 9.17) is 5.73 Å². The molecule has 3 N–H and O–H groups in total. The zero-order valence-electron chi connectivity index (χ0n) is 10.1. The Morgan fingerprint density at radius 1 is 1.50 bits per heavy atom. The molecule has 3 heteroatoms. The van der Waals surface area contributed by atoms with E-state index in [0.29, 0.717) is 17.7 Å². The first kappa shape index (κ1) is 13.1. The van der Waals surface area contributed by atoms with Gasteiger partial charge in [-0.1, -0.05) is 26.0 Å². The van der Waals surface area contributed by atoms with E-state index in [1.807, 2.05) is 13.8 Å². The van der Waals surface area contributed by atoms with Crippen LogP contribution in [0.1, 0.15) is 37.5 Å². The summed E-state index contributed by atoms with van der Waals surface area (Å²) >= 11 is 0. The molecule has 0 aliphatic carbocycles. The molecule has 0 heterocycles. The second-order valence-electron chi connectivity index (χ2n) is 4.62. The van der Waals surface area contributed by atoms with Crippen LogP contribution in [0.15, 0.2) is 18.2 Å². The van der Waals surface area contributed by atoms with Crippen molar-refractivity contribution in [1.29, 1.82) is 0 Å². The monoisotopic (exact) mass is 225 g/mol. The van der Waals surface area contributed by atoms with Crippen molar-refractivity contribution in [1.82, 2.24) is 0 Å². The van der Waals surface area contributed by atoms with Gasteiger partial charge in [-0.15, -0.1) is 0 Å². The zero-order valence-corrected chi connectivity index (χ0v) is 10.1. The van der Waals surface area contributed by atoms with E-state index in [1.54, 1.807) is 19.1 Å². The molecule has 2 atom stereocenters. The molecule has 2 unspecified atom stereocenters. The molecular weight excluding hydrogens is 205 g/mol. The van der Waals surface area contributed by atoms with Crippen molar-refractivity contribution in [2.45, 2.75) is 33.3 Å². The van der Waals surface area contributed by atoms with Crippen LogP contribution >= 0.6 is 0 Å². The summed E-state index contributed by atoms with van der Waals surface area (Å²) in [5.74, 6) is -0.285. The van der Waals surface area contributed by atoms with Crippen LogP contribution in [0.3, 0.4) is 0 Å². The summed E-state index contributed by atoms with van der Waals surface area (Å²) in [6, 6.07) is 4.83. The maximum atomic E-state index is 13.4. The van der Waals surface area contributed by atoms with E-state index in [0.717, 1.165) is 6.42 Å². The van der Waals surface area contributed by atoms with Crippen molar-refractivity contribution in [2.75, 3.05) is 6.54 Å². The van der Waals surface area contributed by atoms with Gasteiger partial charge in [0.05, 0.1) is 6.10 Å². The third kappa shape index (κ3) is 2.42. The molecule has 0 saturated heterocycles. The van der Waals surface area contributed by atoms with Crippen LogP contribution in [0.25, 0.3) is 0 Å². The Hall–Kier alpha value is -0.930. The fourth-order valence-corrected chi connectivity index (χ4v) is 1.63. The van der Waals surface area contributed by atoms with Crippen molar-refractivity contribution < 1.29 is 9.50 Å². The minimum atomic E-state index is -0.724. The first-order valence-corrected chi connectivity index (χ1v) is 5.59. The fourth-order valence-electron chi connectivity index (χ4n) is 1.63. The molecule has 0 saturated carbocycles. The van der Waals surface area contributed by atoms with E-state index in [9.17, 15) is 9.50 Å². The molecule has 16 heavy (non-hydrogen) atoms. The summed E-state index contributed by atoms with van der Waals surface area (Å²) in [5, 5.41) is 10.2. The lowest BCUT2D eigenvalue weighted by atomic mass is 9.78. The number of hydrogen-bond acceptors (Lipinski definition) is 2. The molecule has 1 rings (SSSR count). The SMILES string of the molecule is CCC(C)(CN)C(O)c1ccc(C)c(F)c1. The highest BCUT2D eigenvalue weighted by Gasteiger charge is 2.31. The van der Waals surface area contributed by atoms with Gasteiger partial charge < -0.3 is 10.8 Å². The first-order valence-electron chi connectivity index (χ1n) is 5.59. The smallest absolute Gasteiger partial charge is 0.126 e. The van der Waals surface area contributed by atoms with Gasteiger partial charge in [-0.05, 0) is 30.5 Å². The number of benzene rings is 1. The minimum Gasteiger partial charge on any atom is -0.388 e. The number of aliphatic hydroxyl groups excluding tert-OH is 1. The van der Waals surface area contributed by atoms with Crippen LogP contribution in [0.2, 0.25) is 0 Å². The van der Waals surface area contributed by atoms with Gasteiger partial charge in [0.2, 0.25) is 0 Å². The van der Waals surface area contributed by atoms with E-state index in [2.05, 4.69) is 0 Å². The highest BCUT2D eigenvalue weighted by molar-refractivity contribution is 5.26. The van der Waals surface area contributed by atoms with E-state index in [-0.39, 0.29) is 5.82 Å². The second-order valence-corrected chi connectivity index (χ2v) is 4.62. The lowest BCUT2D eigenvalue weighted by Gasteiger charge is -2.32. The molecule has 2 nitrogen and oxygen atoms in total. The summed E-state index contributed by atoms with van der Waals surface area (Å²) < 4.78 is 13.4. The summed E-state index contributed by atoms with van der Waals surface area (Å²) in [4.78, 5) is 0. The topological polar surface area (TPSA) is 46.2 Å². The van der Waals surface area contributed by atoms with Crippen LogP contribution < -0.4 is 5.73 Å². The van der Waals surface area contributed by atoms with Crippen LogP contribution in [0.5, 0.6) is 0 Å². The summed E-state index contributed by atoms with van der Waals surface area (Å²) in [5.41, 5.74) is 6.45. The Kier molecular flexibility index (Phi) is 4.05. The lowest BCUT2D eigenvalue weighted by Crippen LogP contribution is -2.33. The zero-order chi connectivity index (χ0) is 12.3. The molecule has 1 aromatic carbocycles. The molecule has 0 amide bonds. The highest BCUT2D eigenvalue weighted by Crippen LogP contribution is 2.36. The average molecular weight is 225 g/mol. The third-order valence-corrected chi connectivity index (χ3v) is 3.45. The third-order valence-electron chi connectivity index (χ3n) is 3.45. The van der Waals surface area contributed by atoms with Crippen molar-refractivity contribution >= 4 is 0 Å². The van der Waals surface area contributed by atoms with E-state index in [1.165, 1.54) is 6.07 Å². The van der Waals surface area contributed by atoms with Gasteiger partial charge in [-0.3, -0.25) is 0 Å². The summed E-state index contributed by atoms with van der Waals surface area (Å²) in [6.07, 6.45) is 0.0257. The normalized spacial score (nSPS) is 16.9. The van der Waals surface area contributed by atoms with Gasteiger partial charge in [0.1, 0.15) is 5.82 Å². The molecule has 0 aliphatic heterocycles. The Balaban J connectivity index is 3.04. The Bertz CT molecular complexity index is 361. The Morgan fingerprint density at radius 3 is 2.56 bits per heavy atom. The lowest BCUT2D eigenvalue weighted by molar-refractivity contribution is 0.0389. The molecular formula is C13H20FNO. The van der Waals surface area contributed by atoms with Crippen molar-refractivity contribution in [2.24, 2.45) is 11.1 Å². The van der Waals surface area contributed by atoms with Gasteiger partial charge in [0.15, 0.2) is 0 Å². The molecule has 0 bridgehead atoms.